The first-order valence-corrected chi connectivity index (χ1v) is 9.50. The molecule has 2 aliphatic rings. The van der Waals surface area contributed by atoms with Crippen LogP contribution in [0.2, 0.25) is 17.6 Å². The van der Waals surface area contributed by atoms with E-state index in [4.69, 9.17) is 11.1 Å². The van der Waals surface area contributed by atoms with E-state index in [-0.39, 0.29) is 0 Å². The summed E-state index contributed by atoms with van der Waals surface area (Å²) >= 11 is 6.89. The number of hydrogen-bond acceptors (Lipinski definition) is 0. The lowest BCUT2D eigenvalue weighted by Gasteiger charge is -2.38. The Labute approximate surface area is 87.8 Å². The smallest absolute Gasteiger partial charge is 0.159 e. The second kappa shape index (κ2) is 4.35. The van der Waals surface area contributed by atoms with Crippen LogP contribution in [0.3, 0.4) is 0 Å². The van der Waals surface area contributed by atoms with Crippen LogP contribution in [0.1, 0.15) is 51.4 Å². The van der Waals surface area contributed by atoms with Crippen LogP contribution in [-0.2, 0) is 0 Å². The van der Waals surface area contributed by atoms with Crippen molar-refractivity contribution >= 4 is 18.5 Å². The normalized spacial score (nSPS) is 30.2. The van der Waals surface area contributed by atoms with Gasteiger partial charge in [0.2, 0.25) is 0 Å². The maximum absolute atomic E-state index is 6.89. The summed E-state index contributed by atoms with van der Waals surface area (Å²) < 4.78 is 0. The Kier molecular flexibility index (Phi) is 3.36. The zero-order valence-corrected chi connectivity index (χ0v) is 10.3. The summed E-state index contributed by atoms with van der Waals surface area (Å²) in [4.78, 5) is 0. The Bertz CT molecular complexity index is 157. The monoisotopic (exact) mass is 216 g/mol. The third-order valence-corrected chi connectivity index (χ3v) is 10.5. The van der Waals surface area contributed by atoms with Crippen molar-refractivity contribution in [3.8, 4) is 0 Å². The molecule has 0 aromatic heterocycles. The van der Waals surface area contributed by atoms with Crippen LogP contribution in [0.15, 0.2) is 0 Å². The van der Waals surface area contributed by atoms with Crippen LogP contribution < -0.4 is 0 Å². The molecule has 1 aliphatic carbocycles. The molecule has 2 heteroatoms. The van der Waals surface area contributed by atoms with Gasteiger partial charge in [-0.1, -0.05) is 51.4 Å². The van der Waals surface area contributed by atoms with E-state index < -0.39 is 7.38 Å². The van der Waals surface area contributed by atoms with Crippen LogP contribution in [0.4, 0.5) is 0 Å². The minimum atomic E-state index is -1.26. The molecule has 0 amide bonds. The lowest BCUT2D eigenvalue weighted by molar-refractivity contribution is 0.487. The second-order valence-corrected chi connectivity index (χ2v) is 11.1. The van der Waals surface area contributed by atoms with E-state index in [1.54, 1.807) is 0 Å². The summed E-state index contributed by atoms with van der Waals surface area (Å²) in [6.45, 7) is 0. The highest BCUT2D eigenvalue weighted by molar-refractivity contribution is 7.21. The van der Waals surface area contributed by atoms with Gasteiger partial charge in [0, 0.05) is 0 Å². The van der Waals surface area contributed by atoms with Gasteiger partial charge in [-0.05, 0) is 17.6 Å². The van der Waals surface area contributed by atoms with Gasteiger partial charge in [-0.2, -0.15) is 11.1 Å². The topological polar surface area (TPSA) is 0 Å². The maximum Gasteiger partial charge on any atom is 0.159 e. The molecule has 0 unspecified atom stereocenters. The molecule has 0 bridgehead atoms. The molecule has 0 atom stereocenters. The average Bonchev–Trinajstić information content (AvgIpc) is 2.20. The van der Waals surface area contributed by atoms with Gasteiger partial charge in [0.1, 0.15) is 0 Å². The molecule has 1 heterocycles. The SMILES string of the molecule is Cl[Si]1(C2CCCCC2)CCCCC1. The van der Waals surface area contributed by atoms with Crippen molar-refractivity contribution in [1.29, 1.82) is 0 Å². The van der Waals surface area contributed by atoms with E-state index in [1.165, 1.54) is 63.5 Å². The quantitative estimate of drug-likeness (QED) is 0.441. The third-order valence-electron chi connectivity index (χ3n) is 4.02. The van der Waals surface area contributed by atoms with Crippen molar-refractivity contribution in [2.75, 3.05) is 0 Å². The fraction of sp³-hybridized carbons (Fsp3) is 1.00. The summed E-state index contributed by atoms with van der Waals surface area (Å²) in [5.41, 5.74) is 0.989. The van der Waals surface area contributed by atoms with E-state index >= 15 is 0 Å². The van der Waals surface area contributed by atoms with Crippen molar-refractivity contribution in [3.63, 3.8) is 0 Å². The Morgan fingerprint density at radius 1 is 0.769 bits per heavy atom. The van der Waals surface area contributed by atoms with Gasteiger partial charge >= 0.3 is 0 Å². The largest absolute Gasteiger partial charge is 0.167 e. The fourth-order valence-electron chi connectivity index (χ4n) is 3.17. The van der Waals surface area contributed by atoms with E-state index in [0.29, 0.717) is 0 Å². The van der Waals surface area contributed by atoms with Crippen LogP contribution in [0.5, 0.6) is 0 Å². The molecule has 0 aromatic rings. The maximum atomic E-state index is 6.89. The lowest BCUT2D eigenvalue weighted by atomic mass is 10.0. The molecule has 0 aromatic carbocycles. The molecule has 0 N–H and O–H groups in total. The molecule has 1 saturated heterocycles. The third kappa shape index (κ3) is 2.30. The predicted molar refractivity (Wildman–Crippen MR) is 61.9 cm³/mol. The summed E-state index contributed by atoms with van der Waals surface area (Å²) in [6, 6.07) is 2.86. The summed E-state index contributed by atoms with van der Waals surface area (Å²) in [5, 5.41) is 0. The van der Waals surface area contributed by atoms with E-state index in [1.807, 2.05) is 0 Å². The lowest BCUT2D eigenvalue weighted by Crippen LogP contribution is -2.36. The molecular weight excluding hydrogens is 196 g/mol. The van der Waals surface area contributed by atoms with Crippen molar-refractivity contribution < 1.29 is 0 Å². The molecule has 13 heavy (non-hydrogen) atoms. The van der Waals surface area contributed by atoms with Crippen molar-refractivity contribution in [2.45, 2.75) is 69.0 Å². The zero-order valence-electron chi connectivity index (χ0n) is 8.53. The van der Waals surface area contributed by atoms with Crippen LogP contribution in [0, 0.1) is 0 Å². The average molecular weight is 217 g/mol. The fourth-order valence-corrected chi connectivity index (χ4v) is 8.81. The number of rotatable bonds is 1. The van der Waals surface area contributed by atoms with Gasteiger partial charge in [0.05, 0.1) is 0 Å². The molecule has 1 saturated carbocycles. The van der Waals surface area contributed by atoms with Crippen molar-refractivity contribution in [3.05, 3.63) is 0 Å². The number of hydrogen-bond donors (Lipinski definition) is 0. The molecule has 0 spiro atoms. The van der Waals surface area contributed by atoms with E-state index in [0.717, 1.165) is 5.54 Å². The Balaban J connectivity index is 1.94. The summed E-state index contributed by atoms with van der Waals surface area (Å²) in [7, 11) is -1.26. The Morgan fingerprint density at radius 3 is 1.92 bits per heavy atom. The molecule has 1 aliphatic heterocycles. The summed E-state index contributed by atoms with van der Waals surface area (Å²) in [5.74, 6) is 0. The molecular formula is C11H21ClSi. The van der Waals surface area contributed by atoms with Crippen molar-refractivity contribution in [1.82, 2.24) is 0 Å². The molecule has 2 fully saturated rings. The van der Waals surface area contributed by atoms with E-state index in [9.17, 15) is 0 Å². The highest BCUT2D eigenvalue weighted by atomic mass is 35.6. The van der Waals surface area contributed by atoms with E-state index in [2.05, 4.69) is 0 Å². The van der Waals surface area contributed by atoms with Gasteiger partial charge in [-0.3, -0.25) is 0 Å². The Morgan fingerprint density at radius 2 is 1.31 bits per heavy atom. The second-order valence-electron chi connectivity index (χ2n) is 4.93. The zero-order chi connectivity index (χ0) is 9.15. The van der Waals surface area contributed by atoms with Gasteiger partial charge in [-0.25, -0.2) is 0 Å². The molecule has 2 rings (SSSR count). The van der Waals surface area contributed by atoms with Crippen LogP contribution >= 0.6 is 11.1 Å². The van der Waals surface area contributed by atoms with Gasteiger partial charge < -0.3 is 0 Å². The first kappa shape index (κ1) is 10.0. The first-order chi connectivity index (χ1) is 6.31. The first-order valence-electron chi connectivity index (χ1n) is 6.00. The summed E-state index contributed by atoms with van der Waals surface area (Å²) in [6.07, 6.45) is 11.7. The minimum Gasteiger partial charge on any atom is -0.167 e. The highest BCUT2D eigenvalue weighted by Gasteiger charge is 2.40. The standard InChI is InChI=1S/C11H21ClSi/c12-13(9-5-2-6-10-13)11-7-3-1-4-8-11/h11H,1-10H2. The van der Waals surface area contributed by atoms with Gasteiger partial charge in [0.15, 0.2) is 7.38 Å². The van der Waals surface area contributed by atoms with Gasteiger partial charge in [0.25, 0.3) is 0 Å². The molecule has 76 valence electrons. The van der Waals surface area contributed by atoms with Crippen molar-refractivity contribution in [2.24, 2.45) is 0 Å². The minimum absolute atomic E-state index is 0.989. The van der Waals surface area contributed by atoms with Gasteiger partial charge in [-0.15, -0.1) is 0 Å². The number of halogens is 1. The molecule has 0 radical (unpaired) electrons. The molecule has 0 nitrogen and oxygen atoms in total. The van der Waals surface area contributed by atoms with Crippen LogP contribution in [-0.4, -0.2) is 7.38 Å². The van der Waals surface area contributed by atoms with Crippen LogP contribution in [0.25, 0.3) is 0 Å². The predicted octanol–water partition coefficient (Wildman–Crippen LogP) is 4.69. The Hall–Kier alpha value is 0.507. The highest BCUT2D eigenvalue weighted by Crippen LogP contribution is 2.47.